The Morgan fingerprint density at radius 2 is 1.80 bits per heavy atom. The van der Waals surface area contributed by atoms with E-state index in [2.05, 4.69) is 15.6 Å². The van der Waals surface area contributed by atoms with E-state index in [-0.39, 0.29) is 45.8 Å². The summed E-state index contributed by atoms with van der Waals surface area (Å²) >= 11 is 5.86. The molecule has 0 spiro atoms. The Hall–Kier alpha value is -3.90. The molecule has 1 aromatic heterocycles. The highest BCUT2D eigenvalue weighted by molar-refractivity contribution is 6.31. The Morgan fingerprint density at radius 3 is 2.41 bits per heavy atom. The van der Waals surface area contributed by atoms with E-state index in [0.717, 1.165) is 25.0 Å². The summed E-state index contributed by atoms with van der Waals surface area (Å²) in [6.45, 7) is -0.260. The fourth-order valence-electron chi connectivity index (χ4n) is 3.85. The van der Waals surface area contributed by atoms with Crippen LogP contribution in [0.2, 0.25) is 5.02 Å². The minimum Gasteiger partial charge on any atom is -0.493 e. The number of amides is 2. The van der Waals surface area contributed by atoms with Gasteiger partial charge in [0.25, 0.3) is 5.91 Å². The lowest BCUT2D eigenvalue weighted by atomic mass is 9.95. The number of pyridine rings is 1. The van der Waals surface area contributed by atoms with Crippen LogP contribution in [0.5, 0.6) is 11.5 Å². The molecule has 1 heterocycles. The van der Waals surface area contributed by atoms with E-state index in [0.29, 0.717) is 5.75 Å². The monoisotopic (exact) mass is 595 g/mol. The number of carbonyl (C=O) groups is 2. The van der Waals surface area contributed by atoms with Crippen LogP contribution in [0.1, 0.15) is 41.4 Å². The standard InChI is InChI=1S/C28H26ClF4N3O5/c1-15(37)34-13-16-9-22(17-3-7-21(30)20(29)11-17)36-25(10-16)27(39,28(31,32)33)14-35-26(38)18-4-8-23(24(12-18)40-2)41-19-5-6-19/h3-4,7-12,19,39H,5-6,13-14H2,1-2H3,(H,34,37)(H,35,38). The molecule has 1 saturated carbocycles. The van der Waals surface area contributed by atoms with Crippen LogP contribution in [0, 0.1) is 5.82 Å². The van der Waals surface area contributed by atoms with Crippen molar-refractivity contribution in [2.24, 2.45) is 0 Å². The van der Waals surface area contributed by atoms with Crippen molar-refractivity contribution in [3.63, 3.8) is 0 Å². The number of aromatic nitrogens is 1. The van der Waals surface area contributed by atoms with Crippen LogP contribution in [-0.4, -0.2) is 47.8 Å². The smallest absolute Gasteiger partial charge is 0.424 e. The molecule has 0 radical (unpaired) electrons. The molecule has 1 aliphatic rings. The van der Waals surface area contributed by atoms with Gasteiger partial charge in [-0.25, -0.2) is 9.37 Å². The van der Waals surface area contributed by atoms with Gasteiger partial charge in [0.2, 0.25) is 11.5 Å². The fraction of sp³-hybridized carbons (Fsp3) is 0.321. The maximum Gasteiger partial charge on any atom is 0.424 e. The summed E-state index contributed by atoms with van der Waals surface area (Å²) in [7, 11) is 1.37. The lowest BCUT2D eigenvalue weighted by Crippen LogP contribution is -2.51. The average Bonchev–Trinajstić information content (AvgIpc) is 3.75. The molecule has 2 amide bonds. The van der Waals surface area contributed by atoms with Gasteiger partial charge in [-0.15, -0.1) is 0 Å². The van der Waals surface area contributed by atoms with Crippen molar-refractivity contribution in [2.45, 2.75) is 44.2 Å². The maximum absolute atomic E-state index is 14.4. The van der Waals surface area contributed by atoms with Crippen molar-refractivity contribution < 1.29 is 41.7 Å². The summed E-state index contributed by atoms with van der Waals surface area (Å²) in [5.41, 5.74) is -4.28. The molecule has 4 rings (SSSR count). The number of hydrogen-bond acceptors (Lipinski definition) is 6. The number of methoxy groups -OCH3 is 1. The number of benzene rings is 2. The summed E-state index contributed by atoms with van der Waals surface area (Å²) in [5.74, 6) is -1.48. The Morgan fingerprint density at radius 1 is 1.07 bits per heavy atom. The number of carbonyl (C=O) groups excluding carboxylic acids is 2. The van der Waals surface area contributed by atoms with Gasteiger partial charge in [-0.1, -0.05) is 11.6 Å². The predicted octanol–water partition coefficient (Wildman–Crippen LogP) is 4.91. The van der Waals surface area contributed by atoms with Crippen LogP contribution in [0.25, 0.3) is 11.3 Å². The molecular formula is C28H26ClF4N3O5. The zero-order chi connectivity index (χ0) is 29.9. The second-order valence-corrected chi connectivity index (χ2v) is 9.92. The summed E-state index contributed by atoms with van der Waals surface area (Å²) in [6, 6.07) is 9.96. The van der Waals surface area contributed by atoms with E-state index in [1.54, 1.807) is 0 Å². The summed E-state index contributed by atoms with van der Waals surface area (Å²) in [6.07, 6.45) is -3.47. The molecule has 0 saturated heterocycles. The first kappa shape index (κ1) is 30.1. The Kier molecular flexibility index (Phi) is 8.74. The van der Waals surface area contributed by atoms with Gasteiger partial charge in [-0.2, -0.15) is 13.2 Å². The lowest BCUT2D eigenvalue weighted by Gasteiger charge is -2.31. The maximum atomic E-state index is 14.4. The van der Waals surface area contributed by atoms with E-state index >= 15 is 0 Å². The average molecular weight is 596 g/mol. The molecule has 8 nitrogen and oxygen atoms in total. The van der Waals surface area contributed by atoms with E-state index < -0.39 is 41.6 Å². The molecule has 1 atom stereocenters. The number of halogens is 5. The van der Waals surface area contributed by atoms with Crippen molar-refractivity contribution >= 4 is 23.4 Å². The van der Waals surface area contributed by atoms with Crippen LogP contribution in [0.4, 0.5) is 17.6 Å². The molecule has 0 bridgehead atoms. The molecule has 1 unspecified atom stereocenters. The molecule has 2 aromatic carbocycles. The van der Waals surface area contributed by atoms with Crippen LogP contribution < -0.4 is 20.1 Å². The first-order valence-electron chi connectivity index (χ1n) is 12.4. The van der Waals surface area contributed by atoms with Crippen LogP contribution in [0.3, 0.4) is 0 Å². The summed E-state index contributed by atoms with van der Waals surface area (Å²) < 4.78 is 67.9. The second-order valence-electron chi connectivity index (χ2n) is 9.51. The zero-order valence-electron chi connectivity index (χ0n) is 21.9. The second kappa shape index (κ2) is 11.9. The Balaban J connectivity index is 1.67. The van der Waals surface area contributed by atoms with Gasteiger partial charge in [0.1, 0.15) is 5.82 Å². The molecule has 3 aromatic rings. The van der Waals surface area contributed by atoms with Crippen molar-refractivity contribution in [3.05, 3.63) is 76.2 Å². The third-order valence-electron chi connectivity index (χ3n) is 6.28. The third kappa shape index (κ3) is 7.06. The Labute approximate surface area is 237 Å². The van der Waals surface area contributed by atoms with Gasteiger partial charge in [0.15, 0.2) is 11.5 Å². The summed E-state index contributed by atoms with van der Waals surface area (Å²) in [5, 5.41) is 15.3. The molecule has 1 aliphatic carbocycles. The number of nitrogens with one attached hydrogen (secondary N) is 2. The summed E-state index contributed by atoms with van der Waals surface area (Å²) in [4.78, 5) is 28.3. The largest absolute Gasteiger partial charge is 0.493 e. The highest BCUT2D eigenvalue weighted by atomic mass is 35.5. The minimum absolute atomic E-state index is 0.0245. The number of alkyl halides is 3. The Bertz CT molecular complexity index is 1470. The quantitative estimate of drug-likeness (QED) is 0.288. The van der Waals surface area contributed by atoms with Gasteiger partial charge >= 0.3 is 6.18 Å². The molecule has 13 heteroatoms. The van der Waals surface area contributed by atoms with Gasteiger partial charge in [-0.3, -0.25) is 9.59 Å². The van der Waals surface area contributed by atoms with E-state index in [1.807, 2.05) is 0 Å². The van der Waals surface area contributed by atoms with Crippen molar-refractivity contribution in [3.8, 4) is 22.8 Å². The molecule has 218 valence electrons. The topological polar surface area (TPSA) is 110 Å². The highest BCUT2D eigenvalue weighted by Crippen LogP contribution is 2.39. The lowest BCUT2D eigenvalue weighted by molar-refractivity contribution is -0.265. The van der Waals surface area contributed by atoms with Crippen molar-refractivity contribution in [1.29, 1.82) is 0 Å². The van der Waals surface area contributed by atoms with E-state index in [9.17, 15) is 32.3 Å². The van der Waals surface area contributed by atoms with Gasteiger partial charge in [0.05, 0.1) is 36.2 Å². The molecular weight excluding hydrogens is 570 g/mol. The SMILES string of the molecule is COc1cc(C(=O)NCC(O)(c2cc(CNC(C)=O)cc(-c3ccc(F)c(Cl)c3)n2)C(F)(F)F)ccc1OC1CC1. The predicted molar refractivity (Wildman–Crippen MR) is 141 cm³/mol. The molecule has 41 heavy (non-hydrogen) atoms. The van der Waals surface area contributed by atoms with Crippen molar-refractivity contribution in [1.82, 2.24) is 15.6 Å². The van der Waals surface area contributed by atoms with Gasteiger partial charge in [0, 0.05) is 24.6 Å². The van der Waals surface area contributed by atoms with E-state index in [1.165, 1.54) is 50.4 Å². The number of ether oxygens (including phenoxy) is 2. The van der Waals surface area contributed by atoms with Gasteiger partial charge < -0.3 is 25.2 Å². The fourth-order valence-corrected chi connectivity index (χ4v) is 4.03. The molecule has 3 N–H and O–H groups in total. The molecule has 0 aliphatic heterocycles. The zero-order valence-corrected chi connectivity index (χ0v) is 22.7. The van der Waals surface area contributed by atoms with Crippen LogP contribution in [0.15, 0.2) is 48.5 Å². The number of nitrogens with zero attached hydrogens (tertiary/aromatic N) is 1. The molecule has 1 fully saturated rings. The first-order valence-corrected chi connectivity index (χ1v) is 12.8. The number of hydrogen-bond donors (Lipinski definition) is 3. The number of aliphatic hydroxyl groups is 1. The third-order valence-corrected chi connectivity index (χ3v) is 6.57. The van der Waals surface area contributed by atoms with Crippen LogP contribution in [-0.2, 0) is 16.9 Å². The van der Waals surface area contributed by atoms with Crippen LogP contribution >= 0.6 is 11.6 Å². The van der Waals surface area contributed by atoms with Gasteiger partial charge in [-0.05, 0) is 66.9 Å². The minimum atomic E-state index is -5.29. The van der Waals surface area contributed by atoms with Crippen molar-refractivity contribution in [2.75, 3.05) is 13.7 Å². The first-order chi connectivity index (χ1) is 19.3. The van der Waals surface area contributed by atoms with E-state index in [4.69, 9.17) is 21.1 Å². The normalized spacial score (nSPS) is 14.6. The highest BCUT2D eigenvalue weighted by Gasteiger charge is 2.56. The number of rotatable bonds is 10.